The van der Waals surface area contributed by atoms with E-state index in [0.29, 0.717) is 0 Å². The van der Waals surface area contributed by atoms with Crippen LogP contribution in [0, 0.1) is 5.41 Å². The van der Waals surface area contributed by atoms with Gasteiger partial charge in [-0.2, -0.15) is 0 Å². The lowest BCUT2D eigenvalue weighted by Crippen LogP contribution is -2.45. The number of aliphatic hydroxyl groups excluding tert-OH is 2. The van der Waals surface area contributed by atoms with Crippen LogP contribution in [0.2, 0.25) is 0 Å². The molecule has 0 saturated heterocycles. The van der Waals surface area contributed by atoms with E-state index in [1.165, 1.54) is 13.8 Å². The maximum Gasteiger partial charge on any atom is 0.305 e. The summed E-state index contributed by atoms with van der Waals surface area (Å²) in [4.78, 5) is 21.4. The van der Waals surface area contributed by atoms with Crippen LogP contribution >= 0.6 is 0 Å². The zero-order chi connectivity index (χ0) is 14.1. The number of nitrogens with one attached hydrogen (secondary N) is 1. The number of carboxylic acids is 1. The second-order valence-corrected chi connectivity index (χ2v) is 3.98. The van der Waals surface area contributed by atoms with Crippen molar-refractivity contribution in [3.8, 4) is 0 Å². The minimum Gasteiger partial charge on any atom is -0.481 e. The normalized spacial score (nSPS) is 12.1. The van der Waals surface area contributed by atoms with Crippen LogP contribution in [0.25, 0.3) is 0 Å². The van der Waals surface area contributed by atoms with Gasteiger partial charge in [-0.15, -0.1) is 0 Å². The summed E-state index contributed by atoms with van der Waals surface area (Å²) in [6, 6.07) is 0. The van der Waals surface area contributed by atoms with E-state index in [2.05, 4.69) is 5.32 Å². The minimum atomic E-state index is -1.35. The molecule has 1 atom stereocenters. The second kappa shape index (κ2) is 8.95. The van der Waals surface area contributed by atoms with E-state index in [1.807, 2.05) is 13.8 Å². The summed E-state index contributed by atoms with van der Waals surface area (Å²) < 4.78 is 0. The lowest BCUT2D eigenvalue weighted by atomic mass is 9.87. The molecule has 6 heteroatoms. The van der Waals surface area contributed by atoms with Crippen LogP contribution in [0.4, 0.5) is 0 Å². The highest BCUT2D eigenvalue weighted by Crippen LogP contribution is 2.19. The third kappa shape index (κ3) is 7.70. The number of rotatable bonds is 6. The topological polar surface area (TPSA) is 107 Å². The van der Waals surface area contributed by atoms with E-state index < -0.39 is 23.4 Å². The van der Waals surface area contributed by atoms with E-state index in [9.17, 15) is 14.7 Å². The zero-order valence-electron chi connectivity index (χ0n) is 10.9. The van der Waals surface area contributed by atoms with Gasteiger partial charge in [0.25, 0.3) is 0 Å². The molecule has 0 unspecified atom stereocenters. The van der Waals surface area contributed by atoms with Crippen LogP contribution < -0.4 is 5.32 Å². The van der Waals surface area contributed by atoms with Crippen molar-refractivity contribution < 1.29 is 24.9 Å². The molecule has 0 rings (SSSR count). The molecule has 102 valence electrons. The van der Waals surface area contributed by atoms with Gasteiger partial charge in [0, 0.05) is 12.0 Å². The molecule has 0 spiro atoms. The molecule has 0 saturated carbocycles. The molecule has 0 aromatic rings. The maximum absolute atomic E-state index is 11.3. The molecule has 17 heavy (non-hydrogen) atoms. The Morgan fingerprint density at radius 1 is 1.29 bits per heavy atom. The number of aliphatic hydroxyl groups is 2. The SMILES string of the molecule is CC.CC(C)(CO)[C@@H](O)C(=O)NCCC(=O)O. The van der Waals surface area contributed by atoms with Crippen molar-refractivity contribution in [2.75, 3.05) is 13.2 Å². The average molecular weight is 249 g/mol. The summed E-state index contributed by atoms with van der Waals surface area (Å²) in [5.41, 5.74) is -0.937. The van der Waals surface area contributed by atoms with Crippen molar-refractivity contribution in [3.63, 3.8) is 0 Å². The van der Waals surface area contributed by atoms with E-state index in [1.54, 1.807) is 0 Å². The van der Waals surface area contributed by atoms with Gasteiger partial charge in [0.15, 0.2) is 0 Å². The van der Waals surface area contributed by atoms with Crippen LogP contribution in [0.3, 0.4) is 0 Å². The molecule has 4 N–H and O–H groups in total. The molecule has 1 amide bonds. The van der Waals surface area contributed by atoms with Gasteiger partial charge < -0.3 is 20.6 Å². The highest BCUT2D eigenvalue weighted by molar-refractivity contribution is 5.81. The number of amides is 1. The Bertz CT molecular complexity index is 240. The number of aliphatic carboxylic acids is 1. The highest BCUT2D eigenvalue weighted by Gasteiger charge is 2.32. The molecule has 0 aromatic carbocycles. The van der Waals surface area contributed by atoms with Crippen molar-refractivity contribution in [2.24, 2.45) is 5.41 Å². The van der Waals surface area contributed by atoms with Gasteiger partial charge in [-0.1, -0.05) is 27.7 Å². The smallest absolute Gasteiger partial charge is 0.305 e. The quantitative estimate of drug-likeness (QED) is 0.529. The lowest BCUT2D eigenvalue weighted by molar-refractivity contribution is -0.138. The second-order valence-electron chi connectivity index (χ2n) is 3.98. The first-order valence-corrected chi connectivity index (χ1v) is 5.59. The van der Waals surface area contributed by atoms with Crippen LogP contribution in [0.5, 0.6) is 0 Å². The largest absolute Gasteiger partial charge is 0.481 e. The van der Waals surface area contributed by atoms with Crippen LogP contribution in [-0.4, -0.2) is 46.5 Å². The van der Waals surface area contributed by atoms with Crippen LogP contribution in [0.1, 0.15) is 34.1 Å². The standard InChI is InChI=1S/C9H17NO5.C2H6/c1-9(2,5-11)7(14)8(15)10-4-3-6(12)13;1-2/h7,11,14H,3-5H2,1-2H3,(H,10,15)(H,12,13);1-2H3/t7-;/m0./s1. The predicted octanol–water partition coefficient (Wildman–Crippen LogP) is -0.0171. The molecule has 0 fully saturated rings. The zero-order valence-corrected chi connectivity index (χ0v) is 10.9. The summed E-state index contributed by atoms with van der Waals surface area (Å²) in [5, 5.41) is 29.0. The Labute approximate surface area is 102 Å². The van der Waals surface area contributed by atoms with Crippen molar-refractivity contribution in [2.45, 2.75) is 40.2 Å². The van der Waals surface area contributed by atoms with Crippen LogP contribution in [0.15, 0.2) is 0 Å². The van der Waals surface area contributed by atoms with E-state index in [0.717, 1.165) is 0 Å². The number of carbonyl (C=O) groups is 2. The molecule has 0 aliphatic carbocycles. The molecular formula is C11H23NO5. The molecule has 6 nitrogen and oxygen atoms in total. The van der Waals surface area contributed by atoms with Crippen molar-refractivity contribution in [1.82, 2.24) is 5.32 Å². The fraction of sp³-hybridized carbons (Fsp3) is 0.818. The van der Waals surface area contributed by atoms with Crippen molar-refractivity contribution in [3.05, 3.63) is 0 Å². The molecular weight excluding hydrogens is 226 g/mol. The molecule has 0 aliphatic rings. The first kappa shape index (κ1) is 18.2. The van der Waals surface area contributed by atoms with Gasteiger partial charge in [0.1, 0.15) is 6.10 Å². The van der Waals surface area contributed by atoms with E-state index >= 15 is 0 Å². The minimum absolute atomic E-state index is 0.0350. The molecule has 0 heterocycles. The van der Waals surface area contributed by atoms with Crippen molar-refractivity contribution >= 4 is 11.9 Å². The van der Waals surface area contributed by atoms with Gasteiger partial charge in [0.2, 0.25) is 5.91 Å². The Kier molecular flexibility index (Phi) is 9.60. The fourth-order valence-electron chi connectivity index (χ4n) is 0.831. The van der Waals surface area contributed by atoms with Gasteiger partial charge in [-0.25, -0.2) is 0 Å². The molecule has 0 aromatic heterocycles. The number of hydrogen-bond acceptors (Lipinski definition) is 4. The summed E-state index contributed by atoms with van der Waals surface area (Å²) in [6.07, 6.45) is -1.55. The molecule has 0 aliphatic heterocycles. The van der Waals surface area contributed by atoms with Crippen LogP contribution in [-0.2, 0) is 9.59 Å². The lowest BCUT2D eigenvalue weighted by Gasteiger charge is -2.26. The first-order valence-electron chi connectivity index (χ1n) is 5.59. The molecule has 0 radical (unpaired) electrons. The highest BCUT2D eigenvalue weighted by atomic mass is 16.4. The number of carboxylic acid groups (broad SMARTS) is 1. The third-order valence-electron chi connectivity index (χ3n) is 2.03. The Morgan fingerprint density at radius 3 is 2.12 bits per heavy atom. The van der Waals surface area contributed by atoms with Crippen molar-refractivity contribution in [1.29, 1.82) is 0 Å². The monoisotopic (exact) mass is 249 g/mol. The summed E-state index contributed by atoms with van der Waals surface area (Å²) in [6.45, 7) is 6.70. The Hall–Kier alpha value is -1.14. The third-order valence-corrected chi connectivity index (χ3v) is 2.03. The number of hydrogen-bond donors (Lipinski definition) is 4. The van der Waals surface area contributed by atoms with Gasteiger partial charge in [-0.05, 0) is 0 Å². The van der Waals surface area contributed by atoms with Gasteiger partial charge in [0.05, 0.1) is 13.0 Å². The predicted molar refractivity (Wildman–Crippen MR) is 63.5 cm³/mol. The summed E-state index contributed by atoms with van der Waals surface area (Å²) >= 11 is 0. The fourth-order valence-corrected chi connectivity index (χ4v) is 0.831. The molecule has 0 bridgehead atoms. The summed E-state index contributed by atoms with van der Waals surface area (Å²) in [5.74, 6) is -1.69. The number of carbonyl (C=O) groups excluding carboxylic acids is 1. The first-order chi connectivity index (χ1) is 7.81. The van der Waals surface area contributed by atoms with E-state index in [-0.39, 0.29) is 19.6 Å². The maximum atomic E-state index is 11.3. The average Bonchev–Trinajstić information content (AvgIpc) is 2.30. The van der Waals surface area contributed by atoms with Gasteiger partial charge >= 0.3 is 5.97 Å². The summed E-state index contributed by atoms with van der Waals surface area (Å²) in [7, 11) is 0. The van der Waals surface area contributed by atoms with Gasteiger partial charge in [-0.3, -0.25) is 9.59 Å². The van der Waals surface area contributed by atoms with E-state index in [4.69, 9.17) is 10.2 Å². The Balaban J connectivity index is 0. The Morgan fingerprint density at radius 2 is 1.76 bits per heavy atom.